The first-order valence-corrected chi connectivity index (χ1v) is 9.40. The van der Waals surface area contributed by atoms with Crippen molar-refractivity contribution in [2.45, 2.75) is 26.7 Å². The van der Waals surface area contributed by atoms with Crippen LogP contribution in [-0.2, 0) is 4.79 Å². The quantitative estimate of drug-likeness (QED) is 0.781. The number of hydrogen-bond acceptors (Lipinski definition) is 4. The predicted octanol–water partition coefficient (Wildman–Crippen LogP) is 4.14. The third kappa shape index (κ3) is 5.33. The maximum atomic E-state index is 12.1. The molecular weight excluding hydrogens is 340 g/mol. The lowest BCUT2D eigenvalue weighted by Gasteiger charge is -2.32. The molecule has 0 aromatic heterocycles. The van der Waals surface area contributed by atoms with E-state index in [0.29, 0.717) is 11.3 Å². The summed E-state index contributed by atoms with van der Waals surface area (Å²) in [7, 11) is 0. The molecule has 0 saturated carbocycles. The summed E-state index contributed by atoms with van der Waals surface area (Å²) in [6.07, 6.45) is 2.45. The highest BCUT2D eigenvalue weighted by atomic mass is 16.5. The van der Waals surface area contributed by atoms with Gasteiger partial charge < -0.3 is 15.0 Å². The Hall–Kier alpha value is -2.82. The second kappa shape index (κ2) is 8.71. The molecule has 1 aliphatic rings. The topological polar surface area (TPSA) is 58.6 Å². The van der Waals surface area contributed by atoms with Gasteiger partial charge in [0.25, 0.3) is 5.91 Å². The standard InChI is InChI=1S/C22H26N2O3/c1-16-11-13-24(14-12-16)20-7-5-19(6-8-20)23-22(26)15-27-21-9-3-18(4-10-21)17(2)25/h3-10,16H,11-15H2,1-2H3,(H,23,26). The monoisotopic (exact) mass is 366 g/mol. The molecule has 0 aliphatic carbocycles. The SMILES string of the molecule is CC(=O)c1ccc(OCC(=O)Nc2ccc(N3CCC(C)CC3)cc2)cc1. The van der Waals surface area contributed by atoms with E-state index in [1.807, 2.05) is 24.3 Å². The predicted molar refractivity (Wildman–Crippen MR) is 108 cm³/mol. The normalized spacial score (nSPS) is 14.7. The second-order valence-electron chi connectivity index (χ2n) is 7.13. The van der Waals surface area contributed by atoms with Crippen molar-refractivity contribution in [2.75, 3.05) is 29.9 Å². The van der Waals surface area contributed by atoms with E-state index in [1.165, 1.54) is 25.5 Å². The van der Waals surface area contributed by atoms with E-state index in [1.54, 1.807) is 24.3 Å². The van der Waals surface area contributed by atoms with Crippen LogP contribution in [0.15, 0.2) is 48.5 Å². The number of anilines is 2. The minimum Gasteiger partial charge on any atom is -0.484 e. The maximum Gasteiger partial charge on any atom is 0.262 e. The molecule has 1 amide bonds. The van der Waals surface area contributed by atoms with E-state index in [4.69, 9.17) is 4.74 Å². The molecule has 1 N–H and O–H groups in total. The number of Topliss-reactive ketones (excluding diaryl/α,β-unsaturated/α-hetero) is 1. The third-order valence-electron chi connectivity index (χ3n) is 4.93. The van der Waals surface area contributed by atoms with Gasteiger partial charge in [0.2, 0.25) is 0 Å². The molecule has 0 spiro atoms. The van der Waals surface area contributed by atoms with Crippen LogP contribution in [0.2, 0.25) is 0 Å². The van der Waals surface area contributed by atoms with Gasteiger partial charge in [-0.05, 0) is 74.2 Å². The lowest BCUT2D eigenvalue weighted by Crippen LogP contribution is -2.32. The van der Waals surface area contributed by atoms with Gasteiger partial charge in [-0.1, -0.05) is 6.92 Å². The van der Waals surface area contributed by atoms with Crippen molar-refractivity contribution in [2.24, 2.45) is 5.92 Å². The molecule has 2 aromatic carbocycles. The van der Waals surface area contributed by atoms with E-state index in [9.17, 15) is 9.59 Å². The number of ether oxygens (including phenoxy) is 1. The summed E-state index contributed by atoms with van der Waals surface area (Å²) in [6.45, 7) is 5.91. The summed E-state index contributed by atoms with van der Waals surface area (Å²) in [5.41, 5.74) is 2.57. The van der Waals surface area contributed by atoms with Crippen molar-refractivity contribution in [3.63, 3.8) is 0 Å². The average molecular weight is 366 g/mol. The number of benzene rings is 2. The number of piperidine rings is 1. The first-order chi connectivity index (χ1) is 13.0. The number of hydrogen-bond donors (Lipinski definition) is 1. The molecule has 1 saturated heterocycles. The molecule has 5 nitrogen and oxygen atoms in total. The number of carbonyl (C=O) groups excluding carboxylic acids is 2. The van der Waals surface area contributed by atoms with Gasteiger partial charge in [-0.2, -0.15) is 0 Å². The molecule has 27 heavy (non-hydrogen) atoms. The molecule has 1 fully saturated rings. The van der Waals surface area contributed by atoms with Gasteiger partial charge in [-0.25, -0.2) is 0 Å². The number of amides is 1. The van der Waals surface area contributed by atoms with Gasteiger partial charge in [0, 0.05) is 30.0 Å². The fraction of sp³-hybridized carbons (Fsp3) is 0.364. The first-order valence-electron chi connectivity index (χ1n) is 9.40. The first kappa shape index (κ1) is 19.0. The van der Waals surface area contributed by atoms with Crippen LogP contribution in [-0.4, -0.2) is 31.4 Å². The van der Waals surface area contributed by atoms with Crippen molar-refractivity contribution in [3.8, 4) is 5.75 Å². The Morgan fingerprint density at radius 2 is 1.67 bits per heavy atom. The van der Waals surface area contributed by atoms with Crippen LogP contribution in [0.1, 0.15) is 37.0 Å². The summed E-state index contributed by atoms with van der Waals surface area (Å²) in [4.78, 5) is 25.7. The molecule has 3 rings (SSSR count). The number of nitrogens with zero attached hydrogens (tertiary/aromatic N) is 1. The molecule has 0 radical (unpaired) electrons. The zero-order valence-corrected chi connectivity index (χ0v) is 15.9. The maximum absolute atomic E-state index is 12.1. The van der Waals surface area contributed by atoms with Crippen LogP contribution in [0.25, 0.3) is 0 Å². The number of carbonyl (C=O) groups is 2. The van der Waals surface area contributed by atoms with E-state index < -0.39 is 0 Å². The minimum absolute atomic E-state index is 0.00167. The fourth-order valence-electron chi connectivity index (χ4n) is 3.15. The lowest BCUT2D eigenvalue weighted by atomic mass is 9.99. The van der Waals surface area contributed by atoms with Crippen LogP contribution in [0.5, 0.6) is 5.75 Å². The molecule has 0 atom stereocenters. The molecule has 2 aromatic rings. The Kier molecular flexibility index (Phi) is 6.12. The van der Waals surface area contributed by atoms with Gasteiger partial charge in [0.05, 0.1) is 0 Å². The number of rotatable bonds is 6. The van der Waals surface area contributed by atoms with Crippen LogP contribution >= 0.6 is 0 Å². The number of nitrogens with one attached hydrogen (secondary N) is 1. The highest BCUT2D eigenvalue weighted by Gasteiger charge is 2.16. The fourth-order valence-corrected chi connectivity index (χ4v) is 3.15. The summed E-state index contributed by atoms with van der Waals surface area (Å²) >= 11 is 0. The van der Waals surface area contributed by atoms with E-state index in [2.05, 4.69) is 17.1 Å². The Bertz CT molecular complexity index is 776. The Morgan fingerprint density at radius 3 is 2.26 bits per heavy atom. The van der Waals surface area contributed by atoms with Crippen molar-refractivity contribution < 1.29 is 14.3 Å². The lowest BCUT2D eigenvalue weighted by molar-refractivity contribution is -0.118. The van der Waals surface area contributed by atoms with E-state index >= 15 is 0 Å². The Labute approximate surface area is 160 Å². The van der Waals surface area contributed by atoms with Crippen LogP contribution in [0.3, 0.4) is 0 Å². The van der Waals surface area contributed by atoms with E-state index in [-0.39, 0.29) is 18.3 Å². The number of ketones is 1. The highest BCUT2D eigenvalue weighted by Crippen LogP contribution is 2.24. The summed E-state index contributed by atoms with van der Waals surface area (Å²) in [5.74, 6) is 1.15. The van der Waals surface area contributed by atoms with Crippen LogP contribution in [0, 0.1) is 5.92 Å². The molecule has 1 heterocycles. The minimum atomic E-state index is -0.217. The van der Waals surface area contributed by atoms with Gasteiger partial charge in [-0.3, -0.25) is 9.59 Å². The van der Waals surface area contributed by atoms with Crippen molar-refractivity contribution >= 4 is 23.1 Å². The second-order valence-corrected chi connectivity index (χ2v) is 7.13. The van der Waals surface area contributed by atoms with Crippen LogP contribution in [0.4, 0.5) is 11.4 Å². The van der Waals surface area contributed by atoms with Gasteiger partial charge in [0.15, 0.2) is 12.4 Å². The zero-order chi connectivity index (χ0) is 19.2. The van der Waals surface area contributed by atoms with Crippen molar-refractivity contribution in [1.29, 1.82) is 0 Å². The summed E-state index contributed by atoms with van der Waals surface area (Å²) in [5, 5.41) is 2.84. The van der Waals surface area contributed by atoms with Crippen molar-refractivity contribution in [1.82, 2.24) is 0 Å². The zero-order valence-electron chi connectivity index (χ0n) is 15.9. The molecule has 0 unspecified atom stereocenters. The molecule has 142 valence electrons. The molecule has 0 bridgehead atoms. The molecule has 5 heteroatoms. The van der Waals surface area contributed by atoms with Crippen LogP contribution < -0.4 is 15.0 Å². The third-order valence-corrected chi connectivity index (χ3v) is 4.93. The van der Waals surface area contributed by atoms with Gasteiger partial charge in [-0.15, -0.1) is 0 Å². The molecule has 1 aliphatic heterocycles. The van der Waals surface area contributed by atoms with Gasteiger partial charge in [0.1, 0.15) is 5.75 Å². The van der Waals surface area contributed by atoms with Gasteiger partial charge >= 0.3 is 0 Å². The van der Waals surface area contributed by atoms with Crippen molar-refractivity contribution in [3.05, 3.63) is 54.1 Å². The Balaban J connectivity index is 1.48. The average Bonchev–Trinajstić information content (AvgIpc) is 2.68. The largest absolute Gasteiger partial charge is 0.484 e. The summed E-state index contributed by atoms with van der Waals surface area (Å²) in [6, 6.07) is 14.7. The Morgan fingerprint density at radius 1 is 1.04 bits per heavy atom. The summed E-state index contributed by atoms with van der Waals surface area (Å²) < 4.78 is 5.47. The smallest absolute Gasteiger partial charge is 0.262 e. The van der Waals surface area contributed by atoms with E-state index in [0.717, 1.165) is 24.7 Å². The molecular formula is C22H26N2O3. The highest BCUT2D eigenvalue weighted by molar-refractivity contribution is 5.94.